The van der Waals surface area contributed by atoms with Crippen LogP contribution in [0.3, 0.4) is 0 Å². The van der Waals surface area contributed by atoms with Crippen LogP contribution < -0.4 is 14.2 Å². The minimum Gasteiger partial charge on any atom is -0.493 e. The minimum atomic E-state index is -1.01. The molecule has 0 saturated carbocycles. The Labute approximate surface area is 195 Å². The predicted octanol–water partition coefficient (Wildman–Crippen LogP) is 5.47. The van der Waals surface area contributed by atoms with Crippen LogP contribution in [0.1, 0.15) is 66.3 Å². The van der Waals surface area contributed by atoms with Crippen LogP contribution in [0.4, 0.5) is 0 Å². The molecule has 2 rings (SSSR count). The summed E-state index contributed by atoms with van der Waals surface area (Å²) < 4.78 is 17.7. The molecule has 2 aromatic carbocycles. The first-order valence-electron chi connectivity index (χ1n) is 10.4. The molecule has 0 saturated heterocycles. The molecule has 0 amide bonds. The Bertz CT molecular complexity index is 985. The zero-order valence-electron chi connectivity index (χ0n) is 18.4. The maximum absolute atomic E-state index is 12.0. The quantitative estimate of drug-likeness (QED) is 0.176. The molecule has 2 aromatic rings. The van der Waals surface area contributed by atoms with Crippen LogP contribution in [0.2, 0.25) is 0 Å². The molecule has 0 aromatic heterocycles. The summed E-state index contributed by atoms with van der Waals surface area (Å²) in [6.45, 7) is 5.84. The number of carboxylic acid groups (broad SMARTS) is 1. The van der Waals surface area contributed by atoms with E-state index < -0.39 is 11.9 Å². The van der Waals surface area contributed by atoms with E-state index >= 15 is 0 Å². The summed E-state index contributed by atoms with van der Waals surface area (Å²) in [7, 11) is 0. The number of hydrogen-bond acceptors (Lipinski definition) is 6. The Morgan fingerprint density at radius 3 is 2.22 bits per heavy atom. The number of halogens is 1. The van der Waals surface area contributed by atoms with E-state index in [4.69, 9.17) is 19.3 Å². The molecule has 0 aliphatic carbocycles. The molecular weight excluding hydrogens is 480 g/mol. The topological polar surface area (TPSA) is 99.1 Å². The van der Waals surface area contributed by atoms with Gasteiger partial charge in [0, 0.05) is 18.4 Å². The molecule has 32 heavy (non-hydrogen) atoms. The second-order valence-electron chi connectivity index (χ2n) is 7.05. The fraction of sp³-hybridized carbons (Fsp3) is 0.375. The first kappa shape index (κ1) is 25.4. The highest BCUT2D eigenvalue weighted by Gasteiger charge is 2.20. The number of benzene rings is 2. The number of Topliss-reactive ketones (excluding diaryl/α,β-unsaturated/α-hetero) is 1. The Balaban J connectivity index is 2.06. The van der Waals surface area contributed by atoms with E-state index in [-0.39, 0.29) is 23.5 Å². The van der Waals surface area contributed by atoms with Gasteiger partial charge < -0.3 is 19.3 Å². The fourth-order valence-corrected chi connectivity index (χ4v) is 3.48. The van der Waals surface area contributed by atoms with Gasteiger partial charge in [-0.15, -0.1) is 0 Å². The second-order valence-corrected chi connectivity index (χ2v) is 7.91. The number of carboxylic acids is 1. The second kappa shape index (κ2) is 12.2. The smallest absolute Gasteiger partial charge is 0.335 e. The number of carbonyl (C=O) groups is 3. The predicted molar refractivity (Wildman–Crippen MR) is 123 cm³/mol. The van der Waals surface area contributed by atoms with Gasteiger partial charge in [0.25, 0.3) is 0 Å². The van der Waals surface area contributed by atoms with Crippen LogP contribution in [0.5, 0.6) is 17.2 Å². The summed E-state index contributed by atoms with van der Waals surface area (Å²) in [5.41, 5.74) is 1.24. The zero-order valence-corrected chi connectivity index (χ0v) is 20.0. The van der Waals surface area contributed by atoms with Crippen molar-refractivity contribution in [3.05, 3.63) is 51.5 Å². The highest BCUT2D eigenvalue weighted by molar-refractivity contribution is 9.10. The summed E-state index contributed by atoms with van der Waals surface area (Å²) >= 11 is 3.31. The van der Waals surface area contributed by atoms with Crippen molar-refractivity contribution in [1.29, 1.82) is 0 Å². The van der Waals surface area contributed by atoms with E-state index in [0.717, 1.165) is 6.42 Å². The van der Waals surface area contributed by atoms with Crippen molar-refractivity contribution in [3.63, 3.8) is 0 Å². The lowest BCUT2D eigenvalue weighted by Gasteiger charge is -2.18. The maximum atomic E-state index is 12.0. The SMILES string of the molecule is CCCc1c(OCCCOc2ccc(C(=O)O)cc2Br)ccc(C(C)=O)c1OC(=O)CC. The van der Waals surface area contributed by atoms with Crippen molar-refractivity contribution in [2.75, 3.05) is 13.2 Å². The van der Waals surface area contributed by atoms with Crippen molar-refractivity contribution in [2.45, 2.75) is 46.5 Å². The molecular formula is C24H27BrO7. The lowest BCUT2D eigenvalue weighted by molar-refractivity contribution is -0.134. The van der Waals surface area contributed by atoms with Gasteiger partial charge in [-0.3, -0.25) is 9.59 Å². The zero-order chi connectivity index (χ0) is 23.7. The van der Waals surface area contributed by atoms with Gasteiger partial charge in [0.2, 0.25) is 0 Å². The highest BCUT2D eigenvalue weighted by Crippen LogP contribution is 2.34. The van der Waals surface area contributed by atoms with Crippen molar-refractivity contribution >= 4 is 33.7 Å². The Morgan fingerprint density at radius 2 is 1.66 bits per heavy atom. The average Bonchev–Trinajstić information content (AvgIpc) is 2.75. The number of aromatic carboxylic acids is 1. The third-order valence-electron chi connectivity index (χ3n) is 4.58. The fourth-order valence-electron chi connectivity index (χ4n) is 2.99. The number of rotatable bonds is 12. The van der Waals surface area contributed by atoms with Crippen LogP contribution in [0.25, 0.3) is 0 Å². The van der Waals surface area contributed by atoms with Crippen LogP contribution >= 0.6 is 15.9 Å². The number of esters is 1. The lowest BCUT2D eigenvalue weighted by atomic mass is 10.0. The number of carbonyl (C=O) groups excluding carboxylic acids is 2. The van der Waals surface area contributed by atoms with Gasteiger partial charge in [-0.2, -0.15) is 0 Å². The van der Waals surface area contributed by atoms with E-state index in [9.17, 15) is 14.4 Å². The Kier molecular flexibility index (Phi) is 9.71. The summed E-state index contributed by atoms with van der Waals surface area (Å²) in [6.07, 6.45) is 2.16. The third kappa shape index (κ3) is 6.82. The van der Waals surface area contributed by atoms with Gasteiger partial charge in [-0.05, 0) is 59.6 Å². The molecule has 172 valence electrons. The number of ketones is 1. The van der Waals surface area contributed by atoms with Crippen molar-refractivity contribution < 1.29 is 33.7 Å². The first-order chi connectivity index (χ1) is 15.3. The number of ether oxygens (including phenoxy) is 3. The van der Waals surface area contributed by atoms with Gasteiger partial charge in [0.05, 0.1) is 28.8 Å². The summed E-state index contributed by atoms with van der Waals surface area (Å²) in [4.78, 5) is 35.0. The molecule has 0 aliphatic heterocycles. The van der Waals surface area contributed by atoms with E-state index in [1.807, 2.05) is 6.92 Å². The summed E-state index contributed by atoms with van der Waals surface area (Å²) in [6, 6.07) is 7.91. The van der Waals surface area contributed by atoms with Crippen molar-refractivity contribution in [1.82, 2.24) is 0 Å². The summed E-state index contributed by atoms with van der Waals surface area (Å²) in [5.74, 6) is -0.199. The molecule has 0 bridgehead atoms. The first-order valence-corrected chi connectivity index (χ1v) is 11.2. The minimum absolute atomic E-state index is 0.171. The number of hydrogen-bond donors (Lipinski definition) is 1. The van der Waals surface area contributed by atoms with E-state index in [2.05, 4.69) is 15.9 Å². The molecule has 1 N–H and O–H groups in total. The Hall–Kier alpha value is -2.87. The standard InChI is InChI=1S/C24H27BrO7/c1-4-7-18-20(11-9-17(15(3)26)23(18)32-22(27)5-2)30-12-6-13-31-21-10-8-16(24(28)29)14-19(21)25/h8-11,14H,4-7,12-13H2,1-3H3,(H,28,29). The van der Waals surface area contributed by atoms with Gasteiger partial charge in [0.1, 0.15) is 17.2 Å². The van der Waals surface area contributed by atoms with Gasteiger partial charge >= 0.3 is 11.9 Å². The van der Waals surface area contributed by atoms with Crippen LogP contribution in [0.15, 0.2) is 34.8 Å². The molecule has 0 atom stereocenters. The Morgan fingerprint density at radius 1 is 1.00 bits per heavy atom. The van der Waals surface area contributed by atoms with Gasteiger partial charge in [-0.1, -0.05) is 20.3 Å². The average molecular weight is 507 g/mol. The van der Waals surface area contributed by atoms with Crippen LogP contribution in [-0.4, -0.2) is 36.0 Å². The molecule has 7 nitrogen and oxygen atoms in total. The van der Waals surface area contributed by atoms with Crippen molar-refractivity contribution in [3.8, 4) is 17.2 Å². The molecule has 0 radical (unpaired) electrons. The third-order valence-corrected chi connectivity index (χ3v) is 5.20. The normalized spacial score (nSPS) is 10.5. The maximum Gasteiger partial charge on any atom is 0.335 e. The molecule has 0 heterocycles. The van der Waals surface area contributed by atoms with Crippen LogP contribution in [0, 0.1) is 0 Å². The molecule has 0 fully saturated rings. The molecule has 0 unspecified atom stereocenters. The molecule has 8 heteroatoms. The monoisotopic (exact) mass is 506 g/mol. The molecule has 0 spiro atoms. The largest absolute Gasteiger partial charge is 0.493 e. The van der Waals surface area contributed by atoms with E-state index in [0.29, 0.717) is 53.2 Å². The van der Waals surface area contributed by atoms with Gasteiger partial charge in [-0.25, -0.2) is 4.79 Å². The van der Waals surface area contributed by atoms with Crippen LogP contribution in [-0.2, 0) is 11.2 Å². The molecule has 0 aliphatic rings. The van der Waals surface area contributed by atoms with Crippen molar-refractivity contribution in [2.24, 2.45) is 0 Å². The highest BCUT2D eigenvalue weighted by atomic mass is 79.9. The van der Waals surface area contributed by atoms with E-state index in [1.54, 1.807) is 25.1 Å². The van der Waals surface area contributed by atoms with Gasteiger partial charge in [0.15, 0.2) is 5.78 Å². The summed E-state index contributed by atoms with van der Waals surface area (Å²) in [5, 5.41) is 9.02. The van der Waals surface area contributed by atoms with E-state index in [1.165, 1.54) is 19.1 Å². The lowest BCUT2D eigenvalue weighted by Crippen LogP contribution is -2.13.